The van der Waals surface area contributed by atoms with Gasteiger partial charge in [-0.25, -0.2) is 9.99 Å². The Morgan fingerprint density at radius 2 is 1.76 bits per heavy atom. The molecule has 5 rings (SSSR count). The molecule has 33 heavy (non-hydrogen) atoms. The second kappa shape index (κ2) is 8.88. The zero-order valence-corrected chi connectivity index (χ0v) is 18.3. The van der Waals surface area contributed by atoms with Crippen LogP contribution in [0.25, 0.3) is 11.0 Å². The summed E-state index contributed by atoms with van der Waals surface area (Å²) in [6.45, 7) is -0.211. The van der Waals surface area contributed by atoms with Crippen molar-refractivity contribution in [2.24, 2.45) is 5.10 Å². The van der Waals surface area contributed by atoms with E-state index in [2.05, 4.69) is 4.98 Å². The van der Waals surface area contributed by atoms with Gasteiger partial charge in [-0.2, -0.15) is 5.10 Å². The lowest BCUT2D eigenvalue weighted by Gasteiger charge is -2.23. The van der Waals surface area contributed by atoms with Gasteiger partial charge in [-0.15, -0.1) is 0 Å². The summed E-state index contributed by atoms with van der Waals surface area (Å²) in [5.41, 5.74) is 4.40. The van der Waals surface area contributed by atoms with Crippen LogP contribution in [-0.2, 0) is 17.9 Å². The molecular formula is C26H24N4O3. The van der Waals surface area contributed by atoms with E-state index in [1.54, 1.807) is 16.7 Å². The molecule has 166 valence electrons. The Morgan fingerprint density at radius 3 is 2.48 bits per heavy atom. The highest BCUT2D eigenvalue weighted by atomic mass is 16.5. The molecule has 1 unspecified atom stereocenters. The number of carbonyl (C=O) groups is 1. The Morgan fingerprint density at radius 1 is 1.03 bits per heavy atom. The molecule has 1 atom stereocenters. The van der Waals surface area contributed by atoms with Gasteiger partial charge in [0.05, 0.1) is 29.9 Å². The van der Waals surface area contributed by atoms with E-state index in [1.165, 1.54) is 0 Å². The maximum absolute atomic E-state index is 13.6. The molecule has 7 nitrogen and oxygen atoms in total. The van der Waals surface area contributed by atoms with Gasteiger partial charge in [0, 0.05) is 6.42 Å². The summed E-state index contributed by atoms with van der Waals surface area (Å²) in [4.78, 5) is 18.0. The number of hydrazone groups is 1. The smallest absolute Gasteiger partial charge is 0.263 e. The minimum atomic E-state index is -0.248. The number of fused-ring (bicyclic) bond motifs is 1. The lowest BCUT2D eigenvalue weighted by molar-refractivity contribution is -0.133. The topological polar surface area (TPSA) is 80.0 Å². The van der Waals surface area contributed by atoms with E-state index in [4.69, 9.17) is 9.84 Å². The molecule has 0 aliphatic carbocycles. The summed E-state index contributed by atoms with van der Waals surface area (Å²) in [5.74, 6) is 1.05. The van der Waals surface area contributed by atoms with Crippen molar-refractivity contribution in [3.05, 3.63) is 95.8 Å². The Balaban J connectivity index is 1.50. The molecule has 0 bridgehead atoms. The van der Waals surface area contributed by atoms with Gasteiger partial charge in [0.15, 0.2) is 0 Å². The lowest BCUT2D eigenvalue weighted by Crippen LogP contribution is -2.30. The number of imidazole rings is 1. The van der Waals surface area contributed by atoms with E-state index in [9.17, 15) is 9.90 Å². The highest BCUT2D eigenvalue weighted by molar-refractivity contribution is 6.03. The molecule has 0 saturated carbocycles. The second-order valence-corrected chi connectivity index (χ2v) is 7.91. The molecule has 1 aliphatic heterocycles. The van der Waals surface area contributed by atoms with Crippen LogP contribution >= 0.6 is 0 Å². The number of amides is 1. The average molecular weight is 441 g/mol. The number of methoxy groups -OCH3 is 1. The minimum absolute atomic E-state index is 0.0363. The largest absolute Gasteiger partial charge is 0.497 e. The van der Waals surface area contributed by atoms with Crippen LogP contribution in [0.1, 0.15) is 29.4 Å². The molecular weight excluding hydrogens is 416 g/mol. The van der Waals surface area contributed by atoms with Crippen LogP contribution in [0.5, 0.6) is 5.75 Å². The number of aliphatic hydroxyl groups excluding tert-OH is 1. The molecule has 0 saturated heterocycles. The van der Waals surface area contributed by atoms with Crippen molar-refractivity contribution >= 4 is 22.7 Å². The zero-order valence-electron chi connectivity index (χ0n) is 18.3. The number of hydrogen-bond acceptors (Lipinski definition) is 5. The Bertz CT molecular complexity index is 1310. The number of nitrogens with zero attached hydrogens (tertiary/aromatic N) is 4. The quantitative estimate of drug-likeness (QED) is 0.493. The van der Waals surface area contributed by atoms with E-state index in [1.807, 2.05) is 78.9 Å². The predicted octanol–water partition coefficient (Wildman–Crippen LogP) is 3.92. The molecule has 1 N–H and O–H groups in total. The van der Waals surface area contributed by atoms with Crippen LogP contribution in [0.15, 0.2) is 84.0 Å². The Hall–Kier alpha value is -3.97. The van der Waals surface area contributed by atoms with Crippen LogP contribution in [-0.4, -0.2) is 38.4 Å². The van der Waals surface area contributed by atoms with E-state index in [0.717, 1.165) is 33.6 Å². The van der Waals surface area contributed by atoms with E-state index < -0.39 is 0 Å². The maximum atomic E-state index is 13.6. The van der Waals surface area contributed by atoms with Crippen LogP contribution in [0, 0.1) is 0 Å². The minimum Gasteiger partial charge on any atom is -0.497 e. The Kier molecular flexibility index (Phi) is 5.62. The summed E-state index contributed by atoms with van der Waals surface area (Å²) in [7, 11) is 1.63. The lowest BCUT2D eigenvalue weighted by atomic mass is 9.98. The first-order valence-electron chi connectivity index (χ1n) is 10.8. The van der Waals surface area contributed by atoms with Crippen molar-refractivity contribution in [2.75, 3.05) is 7.11 Å². The normalized spacial score (nSPS) is 15.6. The first-order chi connectivity index (χ1) is 16.2. The van der Waals surface area contributed by atoms with Crippen molar-refractivity contribution in [3.8, 4) is 5.75 Å². The highest BCUT2D eigenvalue weighted by Gasteiger charge is 2.33. The number of aromatic nitrogens is 2. The third-order valence-corrected chi connectivity index (χ3v) is 5.94. The third kappa shape index (κ3) is 3.99. The van der Waals surface area contributed by atoms with Gasteiger partial charge in [-0.05, 0) is 35.4 Å². The molecule has 0 radical (unpaired) electrons. The van der Waals surface area contributed by atoms with Gasteiger partial charge >= 0.3 is 0 Å². The zero-order chi connectivity index (χ0) is 22.8. The van der Waals surface area contributed by atoms with Crippen molar-refractivity contribution in [1.82, 2.24) is 14.6 Å². The van der Waals surface area contributed by atoms with Crippen LogP contribution in [0.2, 0.25) is 0 Å². The first-order valence-corrected chi connectivity index (χ1v) is 10.8. The molecule has 1 aromatic heterocycles. The van der Waals surface area contributed by atoms with Crippen molar-refractivity contribution in [3.63, 3.8) is 0 Å². The second-order valence-electron chi connectivity index (χ2n) is 7.91. The number of aliphatic hydroxyl groups is 1. The standard InChI is InChI=1S/C26H24N4O3/c1-33-20-13-11-19(12-14-20)24-15-22(18-7-3-2-4-8-18)28-30(24)26(32)16-29-23-10-6-5-9-21(23)27-25(29)17-31/h2-14,24,31H,15-17H2,1H3. The van der Waals surface area contributed by atoms with Gasteiger partial charge < -0.3 is 14.4 Å². The number of carbonyl (C=O) groups excluding carboxylic acids is 1. The molecule has 7 heteroatoms. The van der Waals surface area contributed by atoms with Crippen LogP contribution in [0.4, 0.5) is 0 Å². The fraction of sp³-hybridized carbons (Fsp3) is 0.192. The van der Waals surface area contributed by atoms with Crippen molar-refractivity contribution in [2.45, 2.75) is 25.6 Å². The van der Waals surface area contributed by atoms with Gasteiger partial charge in [0.25, 0.3) is 5.91 Å². The van der Waals surface area contributed by atoms with Gasteiger partial charge in [0.1, 0.15) is 24.7 Å². The van der Waals surface area contributed by atoms with Gasteiger partial charge in [-0.1, -0.05) is 54.6 Å². The summed E-state index contributed by atoms with van der Waals surface area (Å²) in [6.07, 6.45) is 0.611. The average Bonchev–Trinajstić information content (AvgIpc) is 3.47. The molecule has 1 aliphatic rings. The monoisotopic (exact) mass is 440 g/mol. The summed E-state index contributed by atoms with van der Waals surface area (Å²) < 4.78 is 7.05. The number of rotatable bonds is 6. The molecule has 4 aromatic rings. The fourth-order valence-electron chi connectivity index (χ4n) is 4.26. The molecule has 3 aromatic carbocycles. The van der Waals surface area contributed by atoms with E-state index in [0.29, 0.717) is 12.2 Å². The molecule has 0 fully saturated rings. The number of benzene rings is 3. The Labute approximate surface area is 191 Å². The first kappa shape index (κ1) is 20.9. The SMILES string of the molecule is COc1ccc(C2CC(c3ccccc3)=NN2C(=O)Cn2c(CO)nc3ccccc32)cc1. The third-order valence-electron chi connectivity index (χ3n) is 5.94. The van der Waals surface area contributed by atoms with E-state index in [-0.39, 0.29) is 25.1 Å². The van der Waals surface area contributed by atoms with Crippen molar-refractivity contribution in [1.29, 1.82) is 0 Å². The number of ether oxygens (including phenoxy) is 1. The van der Waals surface area contributed by atoms with E-state index >= 15 is 0 Å². The number of para-hydroxylation sites is 2. The summed E-state index contributed by atoms with van der Waals surface area (Å²) in [5, 5.41) is 16.1. The molecule has 2 heterocycles. The molecule has 0 spiro atoms. The van der Waals surface area contributed by atoms with Crippen LogP contribution in [0.3, 0.4) is 0 Å². The predicted molar refractivity (Wildman–Crippen MR) is 126 cm³/mol. The summed E-state index contributed by atoms with van der Waals surface area (Å²) in [6, 6.07) is 25.0. The molecule has 1 amide bonds. The van der Waals surface area contributed by atoms with Gasteiger partial charge in [-0.3, -0.25) is 4.79 Å². The number of hydrogen-bond donors (Lipinski definition) is 1. The van der Waals surface area contributed by atoms with Crippen molar-refractivity contribution < 1.29 is 14.6 Å². The fourth-order valence-corrected chi connectivity index (χ4v) is 4.26. The maximum Gasteiger partial charge on any atom is 0.263 e. The van der Waals surface area contributed by atoms with Gasteiger partial charge in [0.2, 0.25) is 0 Å². The highest BCUT2D eigenvalue weighted by Crippen LogP contribution is 2.34. The summed E-state index contributed by atoms with van der Waals surface area (Å²) >= 11 is 0. The van der Waals surface area contributed by atoms with Crippen LogP contribution < -0.4 is 4.74 Å².